The molecule has 0 fully saturated rings. The van der Waals surface area contributed by atoms with E-state index in [2.05, 4.69) is 21.2 Å². The first-order chi connectivity index (χ1) is 15.8. The normalized spacial score (nSPS) is 12.5. The van der Waals surface area contributed by atoms with Gasteiger partial charge >= 0.3 is 10.2 Å². The third-order valence-electron chi connectivity index (χ3n) is 5.00. The van der Waals surface area contributed by atoms with Crippen LogP contribution in [0.2, 0.25) is 0 Å². The highest BCUT2D eigenvalue weighted by Crippen LogP contribution is 2.24. The summed E-state index contributed by atoms with van der Waals surface area (Å²) in [4.78, 5) is 27.5. The number of anilines is 1. The van der Waals surface area contributed by atoms with Crippen LogP contribution in [0.3, 0.4) is 0 Å². The van der Waals surface area contributed by atoms with Crippen LogP contribution in [0.25, 0.3) is 0 Å². The maximum Gasteiger partial charge on any atom is 0.304 e. The van der Waals surface area contributed by atoms with E-state index in [-0.39, 0.29) is 24.2 Å². The first kappa shape index (κ1) is 27.7. The average molecular weight is 557 g/mol. The Morgan fingerprint density at radius 3 is 2.15 bits per heavy atom. The molecule has 34 heavy (non-hydrogen) atoms. The molecule has 0 aromatic heterocycles. The zero-order chi connectivity index (χ0) is 25.6. The highest BCUT2D eigenvalue weighted by Gasteiger charge is 2.33. The molecule has 2 amide bonds. The molecular weight excluding hydrogens is 527 g/mol. The summed E-state index contributed by atoms with van der Waals surface area (Å²) in [5.41, 5.74) is 0.487. The standard InChI is InChI=1S/C23H30BrFN4O4S/c1-16(2)26-23(31)17(3)28(14-18-10-12-19(24)13-11-18)22(30)15-29(34(32,33)27(4)5)21-9-7-6-8-20(21)25/h6-13,16-17H,14-15H2,1-5H3,(H,26,31)/t17-/m1/s1. The van der Waals surface area contributed by atoms with Crippen molar-refractivity contribution < 1.29 is 22.4 Å². The summed E-state index contributed by atoms with van der Waals surface area (Å²) >= 11 is 3.36. The minimum Gasteiger partial charge on any atom is -0.352 e. The molecule has 1 N–H and O–H groups in total. The predicted octanol–water partition coefficient (Wildman–Crippen LogP) is 3.14. The summed E-state index contributed by atoms with van der Waals surface area (Å²) in [5, 5.41) is 2.77. The van der Waals surface area contributed by atoms with Crippen LogP contribution >= 0.6 is 15.9 Å². The van der Waals surface area contributed by atoms with Crippen LogP contribution in [0.4, 0.5) is 10.1 Å². The van der Waals surface area contributed by atoms with Crippen molar-refractivity contribution in [2.45, 2.75) is 39.4 Å². The number of hydrogen-bond donors (Lipinski definition) is 1. The summed E-state index contributed by atoms with van der Waals surface area (Å²) < 4.78 is 43.1. The third-order valence-corrected chi connectivity index (χ3v) is 7.34. The third kappa shape index (κ3) is 7.00. The molecule has 2 aromatic carbocycles. The molecule has 0 unspecified atom stereocenters. The van der Waals surface area contributed by atoms with Gasteiger partial charge in [-0.25, -0.2) is 8.70 Å². The molecule has 0 saturated carbocycles. The molecule has 186 valence electrons. The Labute approximate surface area is 209 Å². The summed E-state index contributed by atoms with van der Waals surface area (Å²) in [7, 11) is -1.62. The van der Waals surface area contributed by atoms with E-state index in [9.17, 15) is 22.4 Å². The minimum atomic E-state index is -4.21. The lowest BCUT2D eigenvalue weighted by molar-refractivity contribution is -0.139. The van der Waals surface area contributed by atoms with Crippen LogP contribution in [-0.2, 0) is 26.3 Å². The van der Waals surface area contributed by atoms with Gasteiger partial charge in [0.05, 0.1) is 5.69 Å². The number of carbonyl (C=O) groups excluding carboxylic acids is 2. The summed E-state index contributed by atoms with van der Waals surface area (Å²) in [6, 6.07) is 11.5. The van der Waals surface area contributed by atoms with Crippen molar-refractivity contribution in [1.82, 2.24) is 14.5 Å². The number of nitrogens with one attached hydrogen (secondary N) is 1. The van der Waals surface area contributed by atoms with E-state index >= 15 is 0 Å². The number of carbonyl (C=O) groups is 2. The van der Waals surface area contributed by atoms with Crippen molar-refractivity contribution in [2.24, 2.45) is 0 Å². The molecule has 2 rings (SSSR count). The lowest BCUT2D eigenvalue weighted by Crippen LogP contribution is -2.53. The van der Waals surface area contributed by atoms with Crippen LogP contribution in [0.1, 0.15) is 26.3 Å². The second-order valence-electron chi connectivity index (χ2n) is 8.24. The molecule has 0 heterocycles. The first-order valence-corrected chi connectivity index (χ1v) is 12.8. The smallest absolute Gasteiger partial charge is 0.304 e. The molecule has 8 nitrogen and oxygen atoms in total. The SMILES string of the molecule is CC(C)NC(=O)[C@@H](C)N(Cc1ccc(Br)cc1)C(=O)CN(c1ccccc1F)S(=O)(=O)N(C)C. The predicted molar refractivity (Wildman–Crippen MR) is 134 cm³/mol. The highest BCUT2D eigenvalue weighted by molar-refractivity contribution is 9.10. The van der Waals surface area contributed by atoms with Gasteiger partial charge in [-0.2, -0.15) is 12.7 Å². The molecule has 0 saturated heterocycles. The van der Waals surface area contributed by atoms with E-state index in [1.54, 1.807) is 45.0 Å². The van der Waals surface area contributed by atoms with Crippen molar-refractivity contribution >= 4 is 43.6 Å². The van der Waals surface area contributed by atoms with Gasteiger partial charge in [0.25, 0.3) is 0 Å². The van der Waals surface area contributed by atoms with Crippen molar-refractivity contribution in [3.8, 4) is 0 Å². The van der Waals surface area contributed by atoms with Crippen molar-refractivity contribution in [1.29, 1.82) is 0 Å². The number of nitrogens with zero attached hydrogens (tertiary/aromatic N) is 3. The van der Waals surface area contributed by atoms with Crippen LogP contribution in [0.15, 0.2) is 53.0 Å². The lowest BCUT2D eigenvalue weighted by Gasteiger charge is -2.33. The zero-order valence-electron chi connectivity index (χ0n) is 19.8. The quantitative estimate of drug-likeness (QED) is 0.486. The van der Waals surface area contributed by atoms with Gasteiger partial charge < -0.3 is 10.2 Å². The number of para-hydroxylation sites is 1. The molecule has 0 spiro atoms. The number of halogens is 2. The van der Waals surface area contributed by atoms with Crippen LogP contribution in [0.5, 0.6) is 0 Å². The average Bonchev–Trinajstić information content (AvgIpc) is 2.76. The van der Waals surface area contributed by atoms with Gasteiger partial charge in [-0.1, -0.05) is 40.2 Å². The summed E-state index contributed by atoms with van der Waals surface area (Å²) in [5.74, 6) is -1.82. The molecule has 0 bridgehead atoms. The Kier molecular flexibility index (Phi) is 9.60. The van der Waals surface area contributed by atoms with Crippen LogP contribution < -0.4 is 9.62 Å². The van der Waals surface area contributed by atoms with Crippen molar-refractivity contribution in [3.05, 3.63) is 64.4 Å². The van der Waals surface area contributed by atoms with E-state index < -0.39 is 34.5 Å². The molecular formula is C23H30BrFN4O4S. The van der Waals surface area contributed by atoms with Gasteiger partial charge in [0.1, 0.15) is 18.4 Å². The minimum absolute atomic E-state index is 0.0614. The Bertz CT molecular complexity index is 1110. The summed E-state index contributed by atoms with van der Waals surface area (Å²) in [6.07, 6.45) is 0. The van der Waals surface area contributed by atoms with E-state index in [4.69, 9.17) is 0 Å². The van der Waals surface area contributed by atoms with Crippen LogP contribution in [0, 0.1) is 5.82 Å². The van der Waals surface area contributed by atoms with Crippen LogP contribution in [-0.4, -0.2) is 62.2 Å². The van der Waals surface area contributed by atoms with Gasteiger partial charge in [0.2, 0.25) is 11.8 Å². The number of benzene rings is 2. The van der Waals surface area contributed by atoms with E-state index in [0.29, 0.717) is 4.31 Å². The number of amides is 2. The zero-order valence-corrected chi connectivity index (χ0v) is 22.2. The Hall–Kier alpha value is -2.50. The molecule has 0 radical (unpaired) electrons. The Morgan fingerprint density at radius 2 is 1.62 bits per heavy atom. The fourth-order valence-corrected chi connectivity index (χ4v) is 4.46. The number of rotatable bonds is 10. The van der Waals surface area contributed by atoms with Gasteiger partial charge in [-0.05, 0) is 50.6 Å². The molecule has 0 aliphatic heterocycles. The first-order valence-electron chi connectivity index (χ1n) is 10.6. The maximum absolute atomic E-state index is 14.6. The molecule has 1 atom stereocenters. The van der Waals surface area contributed by atoms with E-state index in [1.807, 2.05) is 0 Å². The maximum atomic E-state index is 14.6. The van der Waals surface area contributed by atoms with Gasteiger partial charge in [0.15, 0.2) is 0 Å². The molecule has 2 aromatic rings. The summed E-state index contributed by atoms with van der Waals surface area (Å²) in [6.45, 7) is 4.55. The van der Waals surface area contributed by atoms with E-state index in [1.165, 1.54) is 37.2 Å². The topological polar surface area (TPSA) is 90.0 Å². The Morgan fingerprint density at radius 1 is 1.03 bits per heavy atom. The van der Waals surface area contributed by atoms with Gasteiger partial charge in [-0.15, -0.1) is 0 Å². The fourth-order valence-electron chi connectivity index (χ4n) is 3.13. The molecule has 0 aliphatic rings. The second kappa shape index (κ2) is 11.8. The monoisotopic (exact) mass is 556 g/mol. The molecule has 0 aliphatic carbocycles. The fraction of sp³-hybridized carbons (Fsp3) is 0.391. The Balaban J connectivity index is 2.46. The molecule has 11 heteroatoms. The van der Waals surface area contributed by atoms with Gasteiger partial charge in [0, 0.05) is 31.2 Å². The lowest BCUT2D eigenvalue weighted by atomic mass is 10.1. The highest BCUT2D eigenvalue weighted by atomic mass is 79.9. The van der Waals surface area contributed by atoms with Crippen molar-refractivity contribution in [3.63, 3.8) is 0 Å². The largest absolute Gasteiger partial charge is 0.352 e. The van der Waals surface area contributed by atoms with Gasteiger partial charge in [-0.3, -0.25) is 9.59 Å². The van der Waals surface area contributed by atoms with E-state index in [0.717, 1.165) is 20.4 Å². The second-order valence-corrected chi connectivity index (χ2v) is 11.2. The number of hydrogen-bond acceptors (Lipinski definition) is 4. The van der Waals surface area contributed by atoms with Crippen molar-refractivity contribution in [2.75, 3.05) is 24.9 Å².